The molecule has 0 saturated heterocycles. The number of hydrogen-bond acceptors (Lipinski definition) is 2. The van der Waals surface area contributed by atoms with Crippen molar-refractivity contribution in [3.05, 3.63) is 53.4 Å². The largest absolute Gasteiger partial charge is 0.269 e. The highest BCUT2D eigenvalue weighted by Crippen LogP contribution is 2.30. The number of rotatable bonds is 5. The molecule has 1 aliphatic carbocycles. The molecule has 3 nitrogen and oxygen atoms in total. The molecule has 3 rings (SSSR count). The predicted octanol–water partition coefficient (Wildman–Crippen LogP) is 4.29. The highest BCUT2D eigenvalue weighted by atomic mass is 32.2. The Morgan fingerprint density at radius 2 is 1.91 bits per heavy atom. The summed E-state index contributed by atoms with van der Waals surface area (Å²) in [4.78, 5) is 0. The van der Waals surface area contributed by atoms with E-state index in [2.05, 4.69) is 5.10 Å². The summed E-state index contributed by atoms with van der Waals surface area (Å²) < 4.78 is 42.0. The molecule has 0 spiro atoms. The molecule has 0 aliphatic heterocycles. The van der Waals surface area contributed by atoms with Gasteiger partial charge in [-0.1, -0.05) is 18.9 Å². The number of benzene rings is 1. The fourth-order valence-corrected chi connectivity index (χ4v) is 4.31. The highest BCUT2D eigenvalue weighted by molar-refractivity contribution is 7.84. The van der Waals surface area contributed by atoms with Crippen molar-refractivity contribution in [2.45, 2.75) is 49.7 Å². The molecule has 2 aromatic rings. The van der Waals surface area contributed by atoms with Gasteiger partial charge in [0.15, 0.2) is 0 Å². The lowest BCUT2D eigenvalue weighted by molar-refractivity contribution is 0.464. The third-order valence-corrected chi connectivity index (χ3v) is 6.06. The minimum Gasteiger partial charge on any atom is -0.269 e. The molecule has 0 radical (unpaired) electrons. The van der Waals surface area contributed by atoms with Crippen LogP contribution in [0.15, 0.2) is 30.5 Å². The first-order valence-corrected chi connectivity index (χ1v) is 9.29. The average molecular weight is 338 g/mol. The quantitative estimate of drug-likeness (QED) is 0.815. The van der Waals surface area contributed by atoms with E-state index in [-0.39, 0.29) is 11.3 Å². The van der Waals surface area contributed by atoms with Crippen molar-refractivity contribution in [1.29, 1.82) is 0 Å². The van der Waals surface area contributed by atoms with Gasteiger partial charge in [-0.3, -0.25) is 8.89 Å². The lowest BCUT2D eigenvalue weighted by atomic mass is 10.1. The van der Waals surface area contributed by atoms with Crippen LogP contribution in [0, 0.1) is 11.6 Å². The van der Waals surface area contributed by atoms with E-state index in [4.69, 9.17) is 0 Å². The maximum Gasteiger partial charge on any atom is 0.130 e. The molecule has 0 bridgehead atoms. The van der Waals surface area contributed by atoms with E-state index >= 15 is 0 Å². The van der Waals surface area contributed by atoms with E-state index in [1.165, 1.54) is 31.0 Å². The standard InChI is InChI=1S/C17H20F2N2OS/c1-12(17-15(18)7-4-8-16(17)19)23(22)11-13-9-10-21(20-13)14-5-2-3-6-14/h4,7-10,12,14H,2-3,5-6,11H2,1H3/t12-,23+/m0/s1. The maximum atomic E-state index is 13.8. The van der Waals surface area contributed by atoms with E-state index in [0.29, 0.717) is 11.7 Å². The number of nitrogens with zero attached hydrogens (tertiary/aromatic N) is 2. The van der Waals surface area contributed by atoms with Gasteiger partial charge in [-0.2, -0.15) is 5.10 Å². The Hall–Kier alpha value is -1.56. The van der Waals surface area contributed by atoms with Gasteiger partial charge in [0.2, 0.25) is 0 Å². The van der Waals surface area contributed by atoms with Crippen molar-refractivity contribution in [3.8, 4) is 0 Å². The minimum atomic E-state index is -1.43. The van der Waals surface area contributed by atoms with E-state index < -0.39 is 27.7 Å². The molecule has 2 atom stereocenters. The van der Waals surface area contributed by atoms with Crippen LogP contribution in [-0.2, 0) is 16.6 Å². The third kappa shape index (κ3) is 3.52. The smallest absolute Gasteiger partial charge is 0.130 e. The van der Waals surface area contributed by atoms with Crippen molar-refractivity contribution in [3.63, 3.8) is 0 Å². The molecule has 1 saturated carbocycles. The summed E-state index contributed by atoms with van der Waals surface area (Å²) in [6, 6.07) is 5.98. The van der Waals surface area contributed by atoms with E-state index in [0.717, 1.165) is 12.8 Å². The summed E-state index contributed by atoms with van der Waals surface area (Å²) in [5.74, 6) is -1.10. The molecular weight excluding hydrogens is 318 g/mol. The van der Waals surface area contributed by atoms with E-state index in [9.17, 15) is 13.0 Å². The molecule has 1 heterocycles. The van der Waals surface area contributed by atoms with Gasteiger partial charge in [-0.05, 0) is 38.0 Å². The van der Waals surface area contributed by atoms with Gasteiger partial charge in [-0.15, -0.1) is 0 Å². The molecule has 23 heavy (non-hydrogen) atoms. The van der Waals surface area contributed by atoms with Crippen LogP contribution in [0.2, 0.25) is 0 Å². The maximum absolute atomic E-state index is 13.8. The van der Waals surface area contributed by atoms with Crippen molar-refractivity contribution in [1.82, 2.24) is 9.78 Å². The Kier molecular flexibility index (Phi) is 4.90. The normalized spacial score (nSPS) is 18.2. The van der Waals surface area contributed by atoms with Gasteiger partial charge < -0.3 is 0 Å². The molecule has 0 unspecified atom stereocenters. The summed E-state index contributed by atoms with van der Waals surface area (Å²) in [5, 5.41) is 3.77. The van der Waals surface area contributed by atoms with Crippen molar-refractivity contribution >= 4 is 10.8 Å². The van der Waals surface area contributed by atoms with Crippen LogP contribution >= 0.6 is 0 Å². The fraction of sp³-hybridized carbons (Fsp3) is 0.471. The van der Waals surface area contributed by atoms with E-state index in [1.807, 2.05) is 16.9 Å². The Bertz CT molecular complexity index is 690. The molecule has 6 heteroatoms. The zero-order chi connectivity index (χ0) is 16.4. The number of hydrogen-bond donors (Lipinski definition) is 0. The molecule has 1 aliphatic rings. The van der Waals surface area contributed by atoms with Crippen molar-refractivity contribution in [2.24, 2.45) is 0 Å². The first-order valence-electron chi connectivity index (χ1n) is 7.91. The van der Waals surface area contributed by atoms with Gasteiger partial charge in [0, 0.05) is 22.6 Å². The SMILES string of the molecule is C[C@@H](c1c(F)cccc1F)[S@](=O)Cc1ccn(C2CCCC2)n1. The van der Waals surface area contributed by atoms with Gasteiger partial charge in [0.1, 0.15) is 11.6 Å². The first kappa shape index (κ1) is 16.3. The zero-order valence-corrected chi connectivity index (χ0v) is 13.9. The zero-order valence-electron chi connectivity index (χ0n) is 13.0. The number of halogens is 2. The van der Waals surface area contributed by atoms with Crippen LogP contribution < -0.4 is 0 Å². The third-order valence-electron chi connectivity index (χ3n) is 4.45. The summed E-state index contributed by atoms with van der Waals surface area (Å²) in [6.07, 6.45) is 6.60. The minimum absolute atomic E-state index is 0.110. The Morgan fingerprint density at radius 3 is 2.57 bits per heavy atom. The topological polar surface area (TPSA) is 34.9 Å². The molecule has 124 valence electrons. The average Bonchev–Trinajstić information content (AvgIpc) is 3.17. The summed E-state index contributed by atoms with van der Waals surface area (Å²) in [7, 11) is -1.43. The van der Waals surface area contributed by atoms with Gasteiger partial charge in [0.25, 0.3) is 0 Å². The Balaban J connectivity index is 1.71. The first-order chi connectivity index (χ1) is 11.1. The predicted molar refractivity (Wildman–Crippen MR) is 86.4 cm³/mol. The monoisotopic (exact) mass is 338 g/mol. The van der Waals surface area contributed by atoms with Crippen LogP contribution in [-0.4, -0.2) is 14.0 Å². The van der Waals surface area contributed by atoms with Gasteiger partial charge in [0.05, 0.1) is 22.7 Å². The van der Waals surface area contributed by atoms with Crippen LogP contribution in [0.25, 0.3) is 0 Å². The molecular formula is C17H20F2N2OS. The van der Waals surface area contributed by atoms with Crippen LogP contribution in [0.3, 0.4) is 0 Å². The second-order valence-corrected chi connectivity index (χ2v) is 7.79. The second-order valence-electron chi connectivity index (χ2n) is 6.03. The summed E-state index contributed by atoms with van der Waals surface area (Å²) in [6.45, 7) is 1.59. The fourth-order valence-electron chi connectivity index (χ4n) is 3.13. The van der Waals surface area contributed by atoms with Crippen LogP contribution in [0.1, 0.15) is 55.2 Å². The molecule has 1 aromatic carbocycles. The molecule has 1 aromatic heterocycles. The lowest BCUT2D eigenvalue weighted by Crippen LogP contribution is -2.11. The Morgan fingerprint density at radius 1 is 1.26 bits per heavy atom. The van der Waals surface area contributed by atoms with Crippen LogP contribution in [0.5, 0.6) is 0 Å². The number of aromatic nitrogens is 2. The van der Waals surface area contributed by atoms with Crippen molar-refractivity contribution < 1.29 is 13.0 Å². The molecule has 0 amide bonds. The summed E-state index contributed by atoms with van der Waals surface area (Å²) >= 11 is 0. The Labute approximate surface area is 137 Å². The van der Waals surface area contributed by atoms with E-state index in [1.54, 1.807) is 6.92 Å². The van der Waals surface area contributed by atoms with Gasteiger partial charge in [-0.25, -0.2) is 8.78 Å². The second kappa shape index (κ2) is 6.91. The van der Waals surface area contributed by atoms with Crippen LogP contribution in [0.4, 0.5) is 8.78 Å². The highest BCUT2D eigenvalue weighted by Gasteiger charge is 2.23. The van der Waals surface area contributed by atoms with Crippen molar-refractivity contribution in [2.75, 3.05) is 0 Å². The van der Waals surface area contributed by atoms with Gasteiger partial charge >= 0.3 is 0 Å². The summed E-state index contributed by atoms with van der Waals surface area (Å²) in [5.41, 5.74) is 0.597. The molecule has 1 fully saturated rings. The molecule has 0 N–H and O–H groups in total. The lowest BCUT2D eigenvalue weighted by Gasteiger charge is -2.13.